The predicted molar refractivity (Wildman–Crippen MR) is 64.5 cm³/mol. The van der Waals surface area contributed by atoms with E-state index in [2.05, 4.69) is 11.9 Å². The van der Waals surface area contributed by atoms with Crippen LogP contribution in [0.25, 0.3) is 0 Å². The average molecular weight is 233 g/mol. The fraction of sp³-hybridized carbons (Fsp3) is 0.900. The maximum atomic E-state index is 5.32. The number of rotatable bonds is 8. The van der Waals surface area contributed by atoms with Gasteiger partial charge in [-0.05, 0) is 19.8 Å². The summed E-state index contributed by atoms with van der Waals surface area (Å²) < 4.78 is 15.9. The molecular weight excluding hydrogens is 210 g/mol. The minimum Gasteiger partial charge on any atom is -0.377 e. The van der Waals surface area contributed by atoms with E-state index >= 15 is 0 Å². The Bertz CT molecular complexity index is 185. The third-order valence-electron chi connectivity index (χ3n) is 2.47. The topological polar surface area (TPSA) is 40.0 Å². The zero-order valence-corrected chi connectivity index (χ0v) is 11.5. The Hall–Kier alpha value is -0.233. The van der Waals surface area contributed by atoms with E-state index in [1.54, 1.807) is 21.3 Å². The lowest BCUT2D eigenvalue weighted by Gasteiger charge is -2.23. The van der Waals surface area contributed by atoms with Crippen molar-refractivity contribution in [3.63, 3.8) is 0 Å². The first-order chi connectivity index (χ1) is 7.14. The Morgan fingerprint density at radius 2 is 1.67 bits per heavy atom. The fourth-order valence-electron chi connectivity index (χ4n) is 1.23. The van der Waals surface area contributed by atoms with Gasteiger partial charge in [0.2, 0.25) is 0 Å². The number of hydrogen-bond donors (Lipinski definition) is 0. The van der Waals surface area contributed by atoms with Crippen LogP contribution in [0, 0.1) is 0 Å². The predicted octanol–water partition coefficient (Wildman–Crippen LogP) is 2.13. The summed E-state index contributed by atoms with van der Waals surface area (Å²) in [6, 6.07) is 0.816. The molecule has 0 heterocycles. The highest BCUT2D eigenvalue weighted by Crippen LogP contribution is 2.14. The molecule has 0 aromatic rings. The van der Waals surface area contributed by atoms with Crippen LogP contribution in [0.15, 0.2) is 4.99 Å². The smallest absolute Gasteiger partial charge is 0.377 e. The van der Waals surface area contributed by atoms with Gasteiger partial charge in [-0.2, -0.15) is 0 Å². The molecule has 0 saturated carbocycles. The van der Waals surface area contributed by atoms with Crippen molar-refractivity contribution in [1.29, 1.82) is 0 Å². The highest BCUT2D eigenvalue weighted by molar-refractivity contribution is 6.60. The zero-order chi connectivity index (χ0) is 11.7. The van der Waals surface area contributed by atoms with Gasteiger partial charge in [0.15, 0.2) is 0 Å². The Morgan fingerprint density at radius 3 is 2.07 bits per heavy atom. The molecule has 0 saturated heterocycles. The molecule has 0 aliphatic heterocycles. The van der Waals surface area contributed by atoms with Crippen molar-refractivity contribution in [2.75, 3.05) is 27.9 Å². The lowest BCUT2D eigenvalue weighted by Crippen LogP contribution is -2.42. The van der Waals surface area contributed by atoms with Crippen LogP contribution >= 0.6 is 0 Å². The van der Waals surface area contributed by atoms with Gasteiger partial charge in [-0.25, -0.2) is 0 Å². The van der Waals surface area contributed by atoms with Crippen LogP contribution in [0.4, 0.5) is 0 Å². The lowest BCUT2D eigenvalue weighted by atomic mass is 10.3. The van der Waals surface area contributed by atoms with Crippen LogP contribution in [0.5, 0.6) is 0 Å². The van der Waals surface area contributed by atoms with E-state index in [9.17, 15) is 0 Å². The van der Waals surface area contributed by atoms with E-state index in [1.165, 1.54) is 5.71 Å². The van der Waals surface area contributed by atoms with E-state index in [1.807, 2.05) is 6.92 Å². The van der Waals surface area contributed by atoms with E-state index in [0.29, 0.717) is 0 Å². The van der Waals surface area contributed by atoms with Crippen molar-refractivity contribution in [3.05, 3.63) is 0 Å². The van der Waals surface area contributed by atoms with Crippen LogP contribution < -0.4 is 0 Å². The summed E-state index contributed by atoms with van der Waals surface area (Å²) >= 11 is 0. The van der Waals surface area contributed by atoms with Gasteiger partial charge in [-0.15, -0.1) is 0 Å². The van der Waals surface area contributed by atoms with E-state index in [0.717, 1.165) is 25.4 Å². The van der Waals surface area contributed by atoms with Gasteiger partial charge in [-0.1, -0.05) is 6.92 Å². The first-order valence-corrected chi connectivity index (χ1v) is 7.22. The second kappa shape index (κ2) is 7.98. The van der Waals surface area contributed by atoms with Crippen LogP contribution in [0.1, 0.15) is 26.7 Å². The monoisotopic (exact) mass is 233 g/mol. The molecule has 0 unspecified atom stereocenters. The third-order valence-corrected chi connectivity index (χ3v) is 5.30. The van der Waals surface area contributed by atoms with E-state index in [4.69, 9.17) is 13.3 Å². The third kappa shape index (κ3) is 5.41. The molecule has 0 fully saturated rings. The van der Waals surface area contributed by atoms with Gasteiger partial charge in [0.25, 0.3) is 0 Å². The summed E-state index contributed by atoms with van der Waals surface area (Å²) in [6.45, 7) is 4.98. The summed E-state index contributed by atoms with van der Waals surface area (Å²) in [5.41, 5.74) is 1.19. The average Bonchev–Trinajstić information content (AvgIpc) is 2.30. The van der Waals surface area contributed by atoms with Crippen LogP contribution in [0.2, 0.25) is 6.04 Å². The van der Waals surface area contributed by atoms with Crippen molar-refractivity contribution in [1.82, 2.24) is 0 Å². The van der Waals surface area contributed by atoms with Crippen molar-refractivity contribution in [2.24, 2.45) is 4.99 Å². The second-order valence-electron chi connectivity index (χ2n) is 3.37. The maximum absolute atomic E-state index is 5.32. The molecule has 0 spiro atoms. The summed E-state index contributed by atoms with van der Waals surface area (Å²) in [5.74, 6) is 0. The molecule has 4 nitrogen and oxygen atoms in total. The normalized spacial score (nSPS) is 13.3. The van der Waals surface area contributed by atoms with Gasteiger partial charge in [0.1, 0.15) is 0 Å². The number of hydrogen-bond acceptors (Lipinski definition) is 4. The molecule has 15 heavy (non-hydrogen) atoms. The van der Waals surface area contributed by atoms with Crippen molar-refractivity contribution < 1.29 is 13.3 Å². The van der Waals surface area contributed by atoms with Crippen LogP contribution in [-0.4, -0.2) is 42.4 Å². The van der Waals surface area contributed by atoms with Gasteiger partial charge in [-0.3, -0.25) is 4.99 Å². The molecule has 0 aromatic carbocycles. The summed E-state index contributed by atoms with van der Waals surface area (Å²) in [6.07, 6.45) is 1.96. The SMILES string of the molecule is CC/C(C)=N\CCC[Si](OC)(OC)OC. The number of aliphatic imine (C=N–C) groups is 1. The minimum atomic E-state index is -2.37. The molecule has 5 heteroatoms. The molecule has 90 valence electrons. The first-order valence-electron chi connectivity index (χ1n) is 5.29. The van der Waals surface area contributed by atoms with Gasteiger partial charge < -0.3 is 13.3 Å². The zero-order valence-electron chi connectivity index (χ0n) is 10.5. The van der Waals surface area contributed by atoms with Gasteiger partial charge >= 0.3 is 8.80 Å². The second-order valence-corrected chi connectivity index (χ2v) is 6.46. The van der Waals surface area contributed by atoms with E-state index < -0.39 is 8.80 Å². The van der Waals surface area contributed by atoms with Crippen LogP contribution in [-0.2, 0) is 13.3 Å². The summed E-state index contributed by atoms with van der Waals surface area (Å²) in [5, 5.41) is 0. The minimum absolute atomic E-state index is 0.816. The van der Waals surface area contributed by atoms with Crippen molar-refractivity contribution in [3.8, 4) is 0 Å². The Balaban J connectivity index is 3.91. The molecule has 0 aliphatic rings. The first kappa shape index (κ1) is 14.8. The Morgan fingerprint density at radius 1 is 1.13 bits per heavy atom. The largest absolute Gasteiger partial charge is 0.500 e. The van der Waals surface area contributed by atoms with Gasteiger partial charge in [0, 0.05) is 39.6 Å². The molecule has 0 rings (SSSR count). The molecule has 0 N–H and O–H groups in total. The molecule has 0 radical (unpaired) electrons. The lowest BCUT2D eigenvalue weighted by molar-refractivity contribution is 0.123. The Kier molecular flexibility index (Phi) is 7.86. The van der Waals surface area contributed by atoms with Crippen LogP contribution in [0.3, 0.4) is 0 Å². The molecule has 0 aliphatic carbocycles. The van der Waals surface area contributed by atoms with Gasteiger partial charge in [0.05, 0.1) is 0 Å². The Labute approximate surface area is 94.0 Å². The van der Waals surface area contributed by atoms with Crippen molar-refractivity contribution in [2.45, 2.75) is 32.7 Å². The molecule has 0 aromatic heterocycles. The molecule has 0 bridgehead atoms. The molecule has 0 amide bonds. The fourth-order valence-corrected chi connectivity index (χ4v) is 2.94. The summed E-state index contributed by atoms with van der Waals surface area (Å²) in [4.78, 5) is 4.42. The van der Waals surface area contributed by atoms with E-state index in [-0.39, 0.29) is 0 Å². The number of nitrogens with zero attached hydrogens (tertiary/aromatic N) is 1. The highest BCUT2D eigenvalue weighted by atomic mass is 28.4. The maximum Gasteiger partial charge on any atom is 0.500 e. The standard InChI is InChI=1S/C10H23NO3Si/c1-6-10(2)11-8-7-9-15(12-3,13-4)14-5/h6-9H2,1-5H3/b11-10-. The van der Waals surface area contributed by atoms with Crippen molar-refractivity contribution >= 4 is 14.5 Å². The molecule has 0 atom stereocenters. The summed E-state index contributed by atoms with van der Waals surface area (Å²) in [7, 11) is 2.55. The quantitative estimate of drug-likeness (QED) is 0.366. The highest BCUT2D eigenvalue weighted by Gasteiger charge is 2.36. The molecular formula is C10H23NO3Si.